The van der Waals surface area contributed by atoms with Gasteiger partial charge in [0.2, 0.25) is 5.91 Å². The van der Waals surface area contributed by atoms with Crippen LogP contribution in [0.4, 0.5) is 0 Å². The fourth-order valence-corrected chi connectivity index (χ4v) is 1.25. The third-order valence-electron chi connectivity index (χ3n) is 2.25. The molecule has 1 atom stereocenters. The van der Waals surface area contributed by atoms with Crippen molar-refractivity contribution in [2.24, 2.45) is 0 Å². The number of carbonyl (C=O) groups is 1. The van der Waals surface area contributed by atoms with Crippen molar-refractivity contribution in [1.82, 2.24) is 20.3 Å². The van der Waals surface area contributed by atoms with Crippen LogP contribution < -0.4 is 5.32 Å². The molecule has 1 heterocycles. The number of nitrogens with one attached hydrogen (secondary N) is 1. The Hall–Kier alpha value is -1.43. The Morgan fingerprint density at radius 3 is 3.06 bits per heavy atom. The van der Waals surface area contributed by atoms with Crippen LogP contribution in [-0.4, -0.2) is 39.2 Å². The van der Waals surface area contributed by atoms with Gasteiger partial charge in [-0.25, -0.2) is 4.68 Å². The number of aliphatic hydroxyl groups excluding tert-OH is 1. The number of nitrogens with zero attached hydrogens (tertiary/aromatic N) is 3. The highest BCUT2D eigenvalue weighted by molar-refractivity contribution is 5.79. The van der Waals surface area contributed by atoms with Crippen molar-refractivity contribution >= 4 is 5.91 Å². The van der Waals surface area contributed by atoms with Gasteiger partial charge in [-0.2, -0.15) is 0 Å². The van der Waals surface area contributed by atoms with Crippen LogP contribution in [-0.2, 0) is 11.2 Å². The summed E-state index contributed by atoms with van der Waals surface area (Å²) in [6, 6.07) is -0.369. The van der Waals surface area contributed by atoms with Crippen LogP contribution in [0, 0.1) is 0 Å². The molecular weight excluding hydrogens is 208 g/mol. The molecule has 2 N–H and O–H groups in total. The third kappa shape index (κ3) is 3.30. The Bertz CT molecular complexity index is 337. The molecular formula is C10H18N4O2. The van der Waals surface area contributed by atoms with E-state index in [0.29, 0.717) is 18.7 Å². The molecule has 0 bridgehead atoms. The minimum atomic E-state index is -0.369. The summed E-state index contributed by atoms with van der Waals surface area (Å²) in [6.07, 6.45) is 3.06. The lowest BCUT2D eigenvalue weighted by atomic mass is 10.3. The van der Waals surface area contributed by atoms with Crippen LogP contribution in [0.1, 0.15) is 32.0 Å². The van der Waals surface area contributed by atoms with Crippen molar-refractivity contribution in [3.05, 3.63) is 11.9 Å². The van der Waals surface area contributed by atoms with E-state index in [2.05, 4.69) is 15.6 Å². The molecule has 0 aliphatic rings. The zero-order valence-electron chi connectivity index (χ0n) is 9.68. The second kappa shape index (κ2) is 6.22. The van der Waals surface area contributed by atoms with Crippen molar-refractivity contribution in [2.45, 2.75) is 32.7 Å². The maximum atomic E-state index is 11.6. The topological polar surface area (TPSA) is 80.0 Å². The Labute approximate surface area is 94.7 Å². The first-order chi connectivity index (χ1) is 7.69. The summed E-state index contributed by atoms with van der Waals surface area (Å²) in [5.41, 5.74) is 0.692. The van der Waals surface area contributed by atoms with E-state index in [-0.39, 0.29) is 18.6 Å². The molecule has 6 nitrogen and oxygen atoms in total. The van der Waals surface area contributed by atoms with Gasteiger partial charge in [-0.15, -0.1) is 5.10 Å². The van der Waals surface area contributed by atoms with Gasteiger partial charge >= 0.3 is 0 Å². The number of hydrogen-bond acceptors (Lipinski definition) is 4. The molecule has 0 spiro atoms. The zero-order valence-corrected chi connectivity index (χ0v) is 9.68. The van der Waals surface area contributed by atoms with Gasteiger partial charge in [0, 0.05) is 25.8 Å². The van der Waals surface area contributed by atoms with E-state index in [4.69, 9.17) is 5.11 Å². The molecule has 0 aliphatic carbocycles. The first-order valence-electron chi connectivity index (χ1n) is 5.48. The molecule has 1 unspecified atom stereocenters. The normalized spacial score (nSPS) is 12.4. The van der Waals surface area contributed by atoms with E-state index in [1.807, 2.05) is 6.92 Å². The highest BCUT2D eigenvalue weighted by atomic mass is 16.3. The van der Waals surface area contributed by atoms with Crippen LogP contribution in [0.3, 0.4) is 0 Å². The molecule has 0 aromatic carbocycles. The highest BCUT2D eigenvalue weighted by Gasteiger charge is 2.15. The number of aromatic nitrogens is 3. The molecule has 0 saturated carbocycles. The summed E-state index contributed by atoms with van der Waals surface area (Å²) in [5.74, 6) is -0.0673. The molecule has 16 heavy (non-hydrogen) atoms. The van der Waals surface area contributed by atoms with Gasteiger partial charge in [0.15, 0.2) is 0 Å². The van der Waals surface area contributed by atoms with Gasteiger partial charge in [-0.05, 0) is 13.3 Å². The number of hydrogen-bond donors (Lipinski definition) is 2. The highest BCUT2D eigenvalue weighted by Crippen LogP contribution is 2.04. The van der Waals surface area contributed by atoms with E-state index in [1.54, 1.807) is 13.1 Å². The second-order valence-corrected chi connectivity index (χ2v) is 3.63. The van der Waals surface area contributed by atoms with E-state index in [1.165, 1.54) is 4.68 Å². The van der Waals surface area contributed by atoms with Crippen molar-refractivity contribution in [1.29, 1.82) is 0 Å². The van der Waals surface area contributed by atoms with Crippen LogP contribution in [0.25, 0.3) is 0 Å². The summed E-state index contributed by atoms with van der Waals surface area (Å²) in [6.45, 7) is 4.47. The summed E-state index contributed by atoms with van der Waals surface area (Å²) in [4.78, 5) is 11.6. The van der Waals surface area contributed by atoms with Gasteiger partial charge in [0.25, 0.3) is 0 Å². The van der Waals surface area contributed by atoms with Gasteiger partial charge in [0.1, 0.15) is 6.04 Å². The molecule has 0 radical (unpaired) electrons. The number of amides is 1. The Balaban J connectivity index is 2.57. The molecule has 0 aliphatic heterocycles. The van der Waals surface area contributed by atoms with Crippen molar-refractivity contribution in [2.75, 3.05) is 13.2 Å². The Kier molecular flexibility index (Phi) is 4.91. The van der Waals surface area contributed by atoms with Crippen LogP contribution in [0.5, 0.6) is 0 Å². The first kappa shape index (κ1) is 12.6. The molecule has 0 saturated heterocycles. The smallest absolute Gasteiger partial charge is 0.244 e. The number of aliphatic hydroxyl groups is 1. The lowest BCUT2D eigenvalue weighted by Gasteiger charge is -2.10. The fourth-order valence-electron chi connectivity index (χ4n) is 1.25. The molecule has 0 fully saturated rings. The molecule has 1 amide bonds. The molecule has 1 rings (SSSR count). The average Bonchev–Trinajstić information content (AvgIpc) is 2.74. The maximum absolute atomic E-state index is 11.6. The summed E-state index contributed by atoms with van der Waals surface area (Å²) in [7, 11) is 0. The predicted molar refractivity (Wildman–Crippen MR) is 58.8 cm³/mol. The van der Waals surface area contributed by atoms with Gasteiger partial charge in [-0.1, -0.05) is 12.1 Å². The molecule has 1 aromatic heterocycles. The standard InChI is InChI=1S/C10H18N4O2/c1-3-5-11-10(16)8(2)14-7-9(4-6-15)12-13-14/h7-8,15H,3-6H2,1-2H3,(H,11,16). The van der Waals surface area contributed by atoms with Gasteiger partial charge in [0.05, 0.1) is 5.69 Å². The Morgan fingerprint density at radius 2 is 2.44 bits per heavy atom. The second-order valence-electron chi connectivity index (χ2n) is 3.63. The van der Waals surface area contributed by atoms with Crippen molar-refractivity contribution in [3.8, 4) is 0 Å². The van der Waals surface area contributed by atoms with E-state index < -0.39 is 0 Å². The van der Waals surface area contributed by atoms with E-state index >= 15 is 0 Å². The number of rotatable bonds is 6. The van der Waals surface area contributed by atoms with Crippen LogP contribution >= 0.6 is 0 Å². The Morgan fingerprint density at radius 1 is 1.69 bits per heavy atom. The predicted octanol–water partition coefficient (Wildman–Crippen LogP) is -0.0999. The minimum Gasteiger partial charge on any atom is -0.396 e. The third-order valence-corrected chi connectivity index (χ3v) is 2.25. The minimum absolute atomic E-state index is 0.0368. The maximum Gasteiger partial charge on any atom is 0.244 e. The van der Waals surface area contributed by atoms with Crippen molar-refractivity contribution < 1.29 is 9.90 Å². The zero-order chi connectivity index (χ0) is 12.0. The lowest BCUT2D eigenvalue weighted by molar-refractivity contribution is -0.124. The van der Waals surface area contributed by atoms with Crippen LogP contribution in [0.2, 0.25) is 0 Å². The first-order valence-corrected chi connectivity index (χ1v) is 5.48. The van der Waals surface area contributed by atoms with Crippen LogP contribution in [0.15, 0.2) is 6.20 Å². The molecule has 1 aromatic rings. The van der Waals surface area contributed by atoms with Gasteiger partial charge < -0.3 is 10.4 Å². The fraction of sp³-hybridized carbons (Fsp3) is 0.700. The van der Waals surface area contributed by atoms with E-state index in [0.717, 1.165) is 6.42 Å². The number of carbonyl (C=O) groups excluding carboxylic acids is 1. The quantitative estimate of drug-likeness (QED) is 0.710. The summed E-state index contributed by atoms with van der Waals surface area (Å²) < 4.78 is 1.51. The lowest BCUT2D eigenvalue weighted by Crippen LogP contribution is -2.31. The van der Waals surface area contributed by atoms with Crippen molar-refractivity contribution in [3.63, 3.8) is 0 Å². The molecule has 90 valence electrons. The molecule has 6 heteroatoms. The van der Waals surface area contributed by atoms with Gasteiger partial charge in [-0.3, -0.25) is 4.79 Å². The summed E-state index contributed by atoms with van der Waals surface area (Å²) in [5, 5.41) is 19.3. The average molecular weight is 226 g/mol. The SMILES string of the molecule is CCCNC(=O)C(C)n1cc(CCO)nn1. The monoisotopic (exact) mass is 226 g/mol. The largest absolute Gasteiger partial charge is 0.396 e. The summed E-state index contributed by atoms with van der Waals surface area (Å²) >= 11 is 0. The van der Waals surface area contributed by atoms with E-state index in [9.17, 15) is 4.79 Å².